The molecule has 26 aromatic rings. The first-order valence-corrected chi connectivity index (χ1v) is 43.0. The molecule has 13 aromatic carbocycles. The Labute approximate surface area is 743 Å². The summed E-state index contributed by atoms with van der Waals surface area (Å²) >= 11 is 0. The van der Waals surface area contributed by atoms with Crippen LogP contribution in [-0.4, -0.2) is 74.8 Å². The van der Waals surface area contributed by atoms with Crippen molar-refractivity contribution < 1.29 is 0 Å². The van der Waals surface area contributed by atoms with Gasteiger partial charge >= 0.3 is 0 Å². The summed E-state index contributed by atoms with van der Waals surface area (Å²) in [6.07, 6.45) is 18.4. The van der Waals surface area contributed by atoms with Crippen molar-refractivity contribution in [3.8, 4) is 113 Å². The molecule has 0 spiro atoms. The van der Waals surface area contributed by atoms with Crippen molar-refractivity contribution in [1.82, 2.24) is 74.8 Å². The maximum absolute atomic E-state index is 5.33. The summed E-state index contributed by atoms with van der Waals surface area (Å²) in [6, 6.07) is 123. The van der Waals surface area contributed by atoms with E-state index in [0.29, 0.717) is 17.5 Å². The van der Waals surface area contributed by atoms with Crippen molar-refractivity contribution >= 4 is 141 Å². The van der Waals surface area contributed by atoms with Crippen LogP contribution >= 0.6 is 0 Å². The van der Waals surface area contributed by atoms with Crippen LogP contribution in [-0.2, 0) is 0 Å². The van der Waals surface area contributed by atoms with Gasteiger partial charge in [-0.25, -0.2) is 34.9 Å². The van der Waals surface area contributed by atoms with Crippen molar-refractivity contribution in [1.29, 1.82) is 0 Å². The van der Waals surface area contributed by atoms with Gasteiger partial charge in [0.1, 0.15) is 0 Å². The smallest absolute Gasteiger partial charge is 0.164 e. The quantitative estimate of drug-likeness (QED) is 0.117. The number of aromatic nitrogens is 15. The largest absolute Gasteiger partial charge is 0.265 e. The number of hydrogen-bond acceptors (Lipinski definition) is 15. The minimum Gasteiger partial charge on any atom is -0.265 e. The molecule has 0 atom stereocenters. The molecule has 0 aliphatic heterocycles. The van der Waals surface area contributed by atoms with Crippen LogP contribution in [0.25, 0.3) is 254 Å². The summed E-state index contributed by atoms with van der Waals surface area (Å²) in [5, 5.41) is 17.4. The van der Waals surface area contributed by atoms with Gasteiger partial charge in [0.25, 0.3) is 0 Å². The molecule has 0 aliphatic carbocycles. The molecule has 13 heterocycles. The van der Waals surface area contributed by atoms with Gasteiger partial charge in [-0.1, -0.05) is 231 Å². The van der Waals surface area contributed by atoms with Gasteiger partial charge in [-0.2, -0.15) is 0 Å². The van der Waals surface area contributed by atoms with Crippen LogP contribution in [0.3, 0.4) is 0 Å². The average Bonchev–Trinajstić information content (AvgIpc) is 0.724. The number of para-hydroxylation sites is 4. The molecular weight excluding hydrogens is 1590 g/mol. The zero-order chi connectivity index (χ0) is 86.0. The molecule has 604 valence electrons. The van der Waals surface area contributed by atoms with Crippen LogP contribution in [0.4, 0.5) is 0 Å². The first-order chi connectivity index (χ1) is 64.5. The molecular formula is C115H69N15. The fourth-order valence-corrected chi connectivity index (χ4v) is 18.5. The standard InChI is InChI=1S/C41H25N5.C40H24N6.C34H20N4/c1-2-11-36-33(8-1)37-34-9-4-16-44-40(34)41-35(10-5-17-45-41)38(37)39(46-36)29-7-3-6-28(22-29)32-24-30(26-12-18-42-19-13-26)23-31(25-32)27-14-20-43-21-15-27;1-3-12-25(13-4-1)38-44-39(26-14-5-2-6-15-26)46-40(45-38)28-17-9-16-27(24-28)35-34-31-20-11-23-42-37(31)36-30(19-10-22-41-36)33(34)29-18-7-8-21-32(29)43-35;1-3-14-27-21(8-1)16-17-28(37-27)22-9-5-10-23(20-22)32-31-26-13-7-19-36-34(26)33-25(12-6-18-35-33)30(31)24-11-2-4-15-29(24)38-32/h1-25H;1-24H;1-20H. The molecule has 15 heteroatoms. The predicted octanol–water partition coefficient (Wildman–Crippen LogP) is 27.6. The van der Waals surface area contributed by atoms with E-state index in [1.807, 2.05) is 195 Å². The van der Waals surface area contributed by atoms with Gasteiger partial charge in [0, 0.05) is 187 Å². The summed E-state index contributed by atoms with van der Waals surface area (Å²) in [4.78, 5) is 72.8. The SMILES string of the molecule is c1cc(-c2cc(-c3ccncc3)cc(-c3ccncc3)c2)cc(-c2nc3ccccc3c3c4cccnc4c4ncccc4c23)c1.c1cc(-c2ccc3ccccc3n2)cc(-c2nc3ccccc3c3c4cccnc4c4ncccc4c23)c1.c1ccc(-c2nc(-c3ccccc3)nc(-c3cccc(-c4nc5ccccc5c5c6cccnc6c6ncccc6c45)c3)n2)cc1. The Balaban J connectivity index is 0.000000109. The fraction of sp³-hybridized carbons (Fsp3) is 0. The summed E-state index contributed by atoms with van der Waals surface area (Å²) < 4.78 is 0. The molecule has 0 aliphatic rings. The van der Waals surface area contributed by atoms with E-state index < -0.39 is 0 Å². The molecule has 0 N–H and O–H groups in total. The van der Waals surface area contributed by atoms with Crippen LogP contribution in [0.15, 0.2) is 420 Å². The third-order valence-electron chi connectivity index (χ3n) is 24.4. The van der Waals surface area contributed by atoms with E-state index in [-0.39, 0.29) is 0 Å². The Morgan fingerprint density at radius 1 is 0.146 bits per heavy atom. The minimum absolute atomic E-state index is 0.598. The predicted molar refractivity (Wildman–Crippen MR) is 528 cm³/mol. The molecule has 0 unspecified atom stereocenters. The van der Waals surface area contributed by atoms with Gasteiger partial charge in [-0.15, -0.1) is 0 Å². The van der Waals surface area contributed by atoms with Crippen LogP contribution in [0, 0.1) is 0 Å². The molecule has 0 radical (unpaired) electrons. The highest BCUT2D eigenvalue weighted by Crippen LogP contribution is 2.48. The second-order valence-electron chi connectivity index (χ2n) is 32.0. The lowest BCUT2D eigenvalue weighted by Crippen LogP contribution is -2.00. The van der Waals surface area contributed by atoms with Gasteiger partial charge in [0.15, 0.2) is 17.5 Å². The highest BCUT2D eigenvalue weighted by Gasteiger charge is 2.25. The van der Waals surface area contributed by atoms with Crippen molar-refractivity contribution in [2.45, 2.75) is 0 Å². The van der Waals surface area contributed by atoms with Gasteiger partial charge in [0.2, 0.25) is 0 Å². The molecule has 0 saturated heterocycles. The van der Waals surface area contributed by atoms with Crippen molar-refractivity contribution in [2.24, 2.45) is 0 Å². The third kappa shape index (κ3) is 13.5. The average molecular weight is 1660 g/mol. The van der Waals surface area contributed by atoms with Crippen LogP contribution in [0.5, 0.6) is 0 Å². The number of pyridine rings is 12. The lowest BCUT2D eigenvalue weighted by atomic mass is 9.91. The summed E-state index contributed by atoms with van der Waals surface area (Å²) in [7, 11) is 0. The van der Waals surface area contributed by atoms with Crippen LogP contribution in [0.1, 0.15) is 0 Å². The van der Waals surface area contributed by atoms with E-state index in [4.69, 9.17) is 64.8 Å². The molecule has 15 nitrogen and oxygen atoms in total. The number of benzene rings is 13. The zero-order valence-corrected chi connectivity index (χ0v) is 69.5. The van der Waals surface area contributed by atoms with E-state index in [1.54, 1.807) is 0 Å². The molecule has 26 rings (SSSR count). The maximum atomic E-state index is 5.33. The van der Waals surface area contributed by atoms with Crippen molar-refractivity contribution in [2.75, 3.05) is 0 Å². The summed E-state index contributed by atoms with van der Waals surface area (Å²) in [5.41, 5.74) is 26.4. The highest BCUT2D eigenvalue weighted by atomic mass is 15.0. The zero-order valence-electron chi connectivity index (χ0n) is 69.5. The summed E-state index contributed by atoms with van der Waals surface area (Å²) in [5.74, 6) is 1.85. The Morgan fingerprint density at radius 2 is 0.431 bits per heavy atom. The lowest BCUT2D eigenvalue weighted by Gasteiger charge is -2.16. The van der Waals surface area contributed by atoms with E-state index >= 15 is 0 Å². The van der Waals surface area contributed by atoms with Crippen LogP contribution < -0.4 is 0 Å². The Bertz CT molecular complexity index is 8540. The van der Waals surface area contributed by atoms with E-state index in [2.05, 4.69) is 234 Å². The first-order valence-electron chi connectivity index (χ1n) is 43.0. The van der Waals surface area contributed by atoms with Crippen LogP contribution in [0.2, 0.25) is 0 Å². The van der Waals surface area contributed by atoms with Crippen molar-refractivity contribution in [3.05, 3.63) is 420 Å². The molecule has 0 saturated carbocycles. The molecule has 130 heavy (non-hydrogen) atoms. The Morgan fingerprint density at radius 3 is 0.831 bits per heavy atom. The second-order valence-corrected chi connectivity index (χ2v) is 32.0. The third-order valence-corrected chi connectivity index (χ3v) is 24.4. The van der Waals surface area contributed by atoms with Gasteiger partial charge < -0.3 is 0 Å². The Kier molecular flexibility index (Phi) is 18.8. The van der Waals surface area contributed by atoms with E-state index in [9.17, 15) is 0 Å². The molecule has 0 bridgehead atoms. The Hall–Kier alpha value is -18.0. The summed E-state index contributed by atoms with van der Waals surface area (Å²) in [6.45, 7) is 0. The number of rotatable bonds is 10. The monoisotopic (exact) mass is 1660 g/mol. The van der Waals surface area contributed by atoms with Gasteiger partial charge in [0.05, 0.1) is 77.9 Å². The fourth-order valence-electron chi connectivity index (χ4n) is 18.5. The van der Waals surface area contributed by atoms with Gasteiger partial charge in [-0.3, -0.25) is 39.9 Å². The number of nitrogens with zero attached hydrogens (tertiary/aromatic N) is 15. The van der Waals surface area contributed by atoms with Gasteiger partial charge in [-0.05, 0) is 161 Å². The van der Waals surface area contributed by atoms with Crippen molar-refractivity contribution in [3.63, 3.8) is 0 Å². The van der Waals surface area contributed by atoms with E-state index in [1.165, 1.54) is 0 Å². The minimum atomic E-state index is 0.598. The van der Waals surface area contributed by atoms with E-state index in [0.717, 1.165) is 236 Å². The highest BCUT2D eigenvalue weighted by molar-refractivity contribution is 6.35. The topological polar surface area (TPSA) is 193 Å². The molecule has 0 fully saturated rings. The first kappa shape index (κ1) is 75.8. The second kappa shape index (κ2) is 32.3. The normalized spacial score (nSPS) is 11.5. The molecule has 13 aromatic heterocycles. The number of fused-ring (bicyclic) bond motifs is 25. The lowest BCUT2D eigenvalue weighted by molar-refractivity contribution is 1.07. The maximum Gasteiger partial charge on any atom is 0.164 e. The number of hydrogen-bond donors (Lipinski definition) is 0. The molecule has 0 amide bonds.